The summed E-state index contributed by atoms with van der Waals surface area (Å²) in [6.07, 6.45) is 1.72. The monoisotopic (exact) mass is 470 g/mol. The number of hydrogen-bond donors (Lipinski definition) is 1. The van der Waals surface area contributed by atoms with Crippen LogP contribution in [0.25, 0.3) is 10.6 Å². The van der Waals surface area contributed by atoms with Crippen LogP contribution in [0.1, 0.15) is 23.7 Å². The molecule has 0 spiro atoms. The topological polar surface area (TPSA) is 97.1 Å². The zero-order chi connectivity index (χ0) is 23.9. The Hall–Kier alpha value is -4.22. The third kappa shape index (κ3) is 5.39. The van der Waals surface area contributed by atoms with Crippen molar-refractivity contribution >= 4 is 22.9 Å². The Morgan fingerprint density at radius 1 is 1.18 bits per heavy atom. The highest BCUT2D eigenvalue weighted by Gasteiger charge is 2.14. The lowest BCUT2D eigenvalue weighted by Crippen LogP contribution is -2.15. The SMILES string of the molecule is CCOc1ccccc1-c1nc(CC(=O)Nc2ccc(Oc3ncccc3C#N)cc2C)cs1. The average molecular weight is 471 g/mol. The number of rotatable bonds is 8. The predicted octanol–water partition coefficient (Wildman–Crippen LogP) is 5.76. The van der Waals surface area contributed by atoms with Crippen LogP contribution in [0.15, 0.2) is 66.2 Å². The molecule has 0 aliphatic carbocycles. The largest absolute Gasteiger partial charge is 0.493 e. The molecule has 2 aromatic heterocycles. The molecule has 34 heavy (non-hydrogen) atoms. The highest BCUT2D eigenvalue weighted by Crippen LogP contribution is 2.32. The first-order valence-corrected chi connectivity index (χ1v) is 11.6. The Kier molecular flexibility index (Phi) is 7.16. The van der Waals surface area contributed by atoms with Crippen molar-refractivity contribution in [2.45, 2.75) is 20.3 Å². The van der Waals surface area contributed by atoms with Crippen LogP contribution in [-0.2, 0) is 11.2 Å². The molecule has 170 valence electrons. The molecule has 8 heteroatoms. The molecule has 0 unspecified atom stereocenters. The zero-order valence-corrected chi connectivity index (χ0v) is 19.6. The van der Waals surface area contributed by atoms with Gasteiger partial charge in [-0.3, -0.25) is 4.79 Å². The van der Waals surface area contributed by atoms with E-state index in [1.165, 1.54) is 11.3 Å². The number of para-hydroxylation sites is 1. The van der Waals surface area contributed by atoms with E-state index in [4.69, 9.17) is 9.47 Å². The second kappa shape index (κ2) is 10.6. The summed E-state index contributed by atoms with van der Waals surface area (Å²) in [5, 5.41) is 14.8. The molecule has 2 heterocycles. The summed E-state index contributed by atoms with van der Waals surface area (Å²) in [5.41, 5.74) is 3.46. The van der Waals surface area contributed by atoms with Crippen LogP contribution < -0.4 is 14.8 Å². The van der Waals surface area contributed by atoms with Crippen LogP contribution in [0.5, 0.6) is 17.4 Å². The van der Waals surface area contributed by atoms with E-state index in [2.05, 4.69) is 21.4 Å². The first kappa shape index (κ1) is 23.0. The standard InChI is InChI=1S/C26H22N4O3S/c1-3-32-23-9-5-4-8-21(23)26-29-19(16-34-26)14-24(31)30-22-11-10-20(13-17(22)2)33-25-18(15-27)7-6-12-28-25/h4-13,16H,3,14H2,1-2H3,(H,30,31). The van der Waals surface area contributed by atoms with Gasteiger partial charge in [0.05, 0.1) is 24.3 Å². The Balaban J connectivity index is 1.42. The predicted molar refractivity (Wildman–Crippen MR) is 131 cm³/mol. The molecule has 2 aromatic carbocycles. The molecule has 0 bridgehead atoms. The van der Waals surface area contributed by atoms with E-state index in [1.807, 2.05) is 43.5 Å². The number of benzene rings is 2. The molecular formula is C26H22N4O3S. The molecule has 4 aromatic rings. The number of hydrogen-bond acceptors (Lipinski definition) is 7. The number of nitrogens with one attached hydrogen (secondary N) is 1. The molecule has 0 atom stereocenters. The maximum Gasteiger partial charge on any atom is 0.237 e. The number of aromatic nitrogens is 2. The van der Waals surface area contributed by atoms with Gasteiger partial charge in [0.2, 0.25) is 11.8 Å². The van der Waals surface area contributed by atoms with Crippen LogP contribution in [0.4, 0.5) is 5.69 Å². The summed E-state index contributed by atoms with van der Waals surface area (Å²) in [5.74, 6) is 1.39. The Morgan fingerprint density at radius 2 is 2.03 bits per heavy atom. The van der Waals surface area contributed by atoms with Gasteiger partial charge in [-0.1, -0.05) is 12.1 Å². The second-order valence-corrected chi connectivity index (χ2v) is 8.20. The van der Waals surface area contributed by atoms with Gasteiger partial charge in [0.25, 0.3) is 0 Å². The van der Waals surface area contributed by atoms with Crippen molar-refractivity contribution in [3.63, 3.8) is 0 Å². The number of nitriles is 1. The minimum absolute atomic E-state index is 0.157. The van der Waals surface area contributed by atoms with E-state index in [0.717, 1.165) is 21.9 Å². The first-order chi connectivity index (χ1) is 16.6. The van der Waals surface area contributed by atoms with E-state index < -0.39 is 0 Å². The molecule has 0 aliphatic heterocycles. The number of amides is 1. The molecule has 1 N–H and O–H groups in total. The van der Waals surface area contributed by atoms with E-state index in [9.17, 15) is 10.1 Å². The third-order valence-corrected chi connectivity index (χ3v) is 5.81. The Bertz CT molecular complexity index is 1360. The van der Waals surface area contributed by atoms with Crippen LogP contribution in [-0.4, -0.2) is 22.5 Å². The normalized spacial score (nSPS) is 10.4. The van der Waals surface area contributed by atoms with Gasteiger partial charge in [-0.15, -0.1) is 11.3 Å². The summed E-state index contributed by atoms with van der Waals surface area (Å²) in [4.78, 5) is 21.4. The number of pyridine rings is 1. The molecule has 7 nitrogen and oxygen atoms in total. The van der Waals surface area contributed by atoms with E-state index in [1.54, 1.807) is 36.5 Å². The van der Waals surface area contributed by atoms with Crippen molar-refractivity contribution in [2.75, 3.05) is 11.9 Å². The third-order valence-electron chi connectivity index (χ3n) is 4.89. The minimum Gasteiger partial charge on any atom is -0.493 e. The highest BCUT2D eigenvalue weighted by molar-refractivity contribution is 7.13. The molecule has 0 fully saturated rings. The summed E-state index contributed by atoms with van der Waals surface area (Å²) >= 11 is 1.48. The number of nitrogens with zero attached hydrogens (tertiary/aromatic N) is 3. The van der Waals surface area contributed by atoms with Gasteiger partial charge in [0, 0.05) is 17.3 Å². The van der Waals surface area contributed by atoms with Crippen molar-refractivity contribution in [1.29, 1.82) is 5.26 Å². The van der Waals surface area contributed by atoms with Crippen molar-refractivity contribution < 1.29 is 14.3 Å². The number of thiazole rings is 1. The Morgan fingerprint density at radius 3 is 2.82 bits per heavy atom. The van der Waals surface area contributed by atoms with Gasteiger partial charge in [0.15, 0.2) is 0 Å². The number of aryl methyl sites for hydroxylation is 1. The highest BCUT2D eigenvalue weighted by atomic mass is 32.1. The quantitative estimate of drug-likeness (QED) is 0.352. The van der Waals surface area contributed by atoms with Gasteiger partial charge in [-0.2, -0.15) is 5.26 Å². The molecular weight excluding hydrogens is 448 g/mol. The van der Waals surface area contributed by atoms with Crippen LogP contribution in [0, 0.1) is 18.3 Å². The average Bonchev–Trinajstić information content (AvgIpc) is 3.30. The fourth-order valence-corrected chi connectivity index (χ4v) is 4.15. The summed E-state index contributed by atoms with van der Waals surface area (Å²) in [6, 6.07) is 18.4. The van der Waals surface area contributed by atoms with Gasteiger partial charge in [0.1, 0.15) is 28.1 Å². The van der Waals surface area contributed by atoms with E-state index in [0.29, 0.717) is 29.3 Å². The fourth-order valence-electron chi connectivity index (χ4n) is 3.30. The molecule has 0 saturated heterocycles. The van der Waals surface area contributed by atoms with Gasteiger partial charge >= 0.3 is 0 Å². The van der Waals surface area contributed by atoms with E-state index in [-0.39, 0.29) is 18.2 Å². The van der Waals surface area contributed by atoms with Gasteiger partial charge in [-0.05, 0) is 61.9 Å². The van der Waals surface area contributed by atoms with Crippen LogP contribution in [0.2, 0.25) is 0 Å². The summed E-state index contributed by atoms with van der Waals surface area (Å²) in [6.45, 7) is 4.39. The zero-order valence-electron chi connectivity index (χ0n) is 18.7. The van der Waals surface area contributed by atoms with Gasteiger partial charge < -0.3 is 14.8 Å². The lowest BCUT2D eigenvalue weighted by molar-refractivity contribution is -0.115. The van der Waals surface area contributed by atoms with Crippen molar-refractivity contribution in [2.24, 2.45) is 0 Å². The number of anilines is 1. The maximum atomic E-state index is 12.7. The summed E-state index contributed by atoms with van der Waals surface area (Å²) in [7, 11) is 0. The van der Waals surface area contributed by atoms with Gasteiger partial charge in [-0.25, -0.2) is 9.97 Å². The molecule has 0 radical (unpaired) electrons. The lowest BCUT2D eigenvalue weighted by atomic mass is 10.2. The van der Waals surface area contributed by atoms with Crippen molar-refractivity contribution in [3.8, 4) is 34.0 Å². The fraction of sp³-hybridized carbons (Fsp3) is 0.154. The maximum absolute atomic E-state index is 12.7. The molecule has 0 saturated carbocycles. The molecule has 0 aliphatic rings. The first-order valence-electron chi connectivity index (χ1n) is 10.7. The molecule has 1 amide bonds. The minimum atomic E-state index is -0.164. The smallest absolute Gasteiger partial charge is 0.237 e. The number of carbonyl (C=O) groups excluding carboxylic acids is 1. The lowest BCUT2D eigenvalue weighted by Gasteiger charge is -2.11. The Labute approximate surface area is 201 Å². The van der Waals surface area contributed by atoms with Crippen molar-refractivity contribution in [1.82, 2.24) is 9.97 Å². The summed E-state index contributed by atoms with van der Waals surface area (Å²) < 4.78 is 11.4. The number of carbonyl (C=O) groups is 1. The van der Waals surface area contributed by atoms with E-state index >= 15 is 0 Å². The van der Waals surface area contributed by atoms with Crippen molar-refractivity contribution in [3.05, 3.63) is 83.0 Å². The second-order valence-electron chi connectivity index (χ2n) is 7.34. The molecule has 4 rings (SSSR count). The van der Waals surface area contributed by atoms with Crippen LogP contribution in [0.3, 0.4) is 0 Å². The van der Waals surface area contributed by atoms with Crippen LogP contribution >= 0.6 is 11.3 Å². The number of ether oxygens (including phenoxy) is 2.